The highest BCUT2D eigenvalue weighted by molar-refractivity contribution is 5.79. The SMILES string of the molecule is C[C@@H]1COC[C@H](C)N1C(=O)CNC[C@@H]1CCCO1. The molecule has 5 heteroatoms. The molecule has 1 amide bonds. The highest BCUT2D eigenvalue weighted by Crippen LogP contribution is 2.13. The van der Waals surface area contributed by atoms with Crippen LogP contribution in [0.25, 0.3) is 0 Å². The van der Waals surface area contributed by atoms with Gasteiger partial charge in [0, 0.05) is 13.2 Å². The maximum atomic E-state index is 12.2. The number of rotatable bonds is 4. The molecule has 2 aliphatic rings. The Morgan fingerprint density at radius 3 is 2.67 bits per heavy atom. The Balaban J connectivity index is 1.72. The van der Waals surface area contributed by atoms with Gasteiger partial charge in [-0.05, 0) is 26.7 Å². The van der Waals surface area contributed by atoms with Crippen LogP contribution < -0.4 is 5.32 Å². The largest absolute Gasteiger partial charge is 0.377 e. The van der Waals surface area contributed by atoms with Gasteiger partial charge in [-0.1, -0.05) is 0 Å². The summed E-state index contributed by atoms with van der Waals surface area (Å²) in [5.41, 5.74) is 0. The fourth-order valence-corrected chi connectivity index (χ4v) is 2.73. The molecule has 0 aromatic heterocycles. The number of ether oxygens (including phenoxy) is 2. The van der Waals surface area contributed by atoms with Gasteiger partial charge >= 0.3 is 0 Å². The van der Waals surface area contributed by atoms with E-state index in [0.29, 0.717) is 19.8 Å². The summed E-state index contributed by atoms with van der Waals surface area (Å²) in [5.74, 6) is 0.163. The normalized spacial score (nSPS) is 32.8. The van der Waals surface area contributed by atoms with Gasteiger partial charge in [0.2, 0.25) is 5.91 Å². The molecular weight excluding hydrogens is 232 g/mol. The summed E-state index contributed by atoms with van der Waals surface area (Å²) >= 11 is 0. The summed E-state index contributed by atoms with van der Waals surface area (Å²) < 4.78 is 10.9. The third-order valence-electron chi connectivity index (χ3n) is 3.63. The molecule has 2 heterocycles. The Hall–Kier alpha value is -0.650. The lowest BCUT2D eigenvalue weighted by Gasteiger charge is -2.38. The van der Waals surface area contributed by atoms with Gasteiger partial charge in [0.25, 0.3) is 0 Å². The van der Waals surface area contributed by atoms with Crippen molar-refractivity contribution in [1.29, 1.82) is 0 Å². The number of morpholine rings is 1. The summed E-state index contributed by atoms with van der Waals surface area (Å²) in [6.45, 7) is 7.39. The number of hydrogen-bond acceptors (Lipinski definition) is 4. The van der Waals surface area contributed by atoms with E-state index in [1.165, 1.54) is 0 Å². The molecule has 2 saturated heterocycles. The van der Waals surface area contributed by atoms with Gasteiger partial charge in [0.05, 0.1) is 37.9 Å². The van der Waals surface area contributed by atoms with E-state index >= 15 is 0 Å². The monoisotopic (exact) mass is 256 g/mol. The lowest BCUT2D eigenvalue weighted by atomic mass is 10.1. The molecular formula is C13H24N2O3. The van der Waals surface area contributed by atoms with Crippen LogP contribution >= 0.6 is 0 Å². The van der Waals surface area contributed by atoms with E-state index in [4.69, 9.17) is 9.47 Å². The smallest absolute Gasteiger partial charge is 0.237 e. The molecule has 2 aliphatic heterocycles. The van der Waals surface area contributed by atoms with Crippen LogP contribution in [0.3, 0.4) is 0 Å². The second-order valence-electron chi connectivity index (χ2n) is 5.30. The van der Waals surface area contributed by atoms with Crippen LogP contribution in [0.4, 0.5) is 0 Å². The fraction of sp³-hybridized carbons (Fsp3) is 0.923. The Morgan fingerprint density at radius 1 is 1.33 bits per heavy atom. The summed E-state index contributed by atoms with van der Waals surface area (Å²) in [5, 5.41) is 3.21. The molecule has 5 nitrogen and oxygen atoms in total. The molecule has 0 spiro atoms. The number of carbonyl (C=O) groups is 1. The molecule has 3 atom stereocenters. The Morgan fingerprint density at radius 2 is 2.06 bits per heavy atom. The van der Waals surface area contributed by atoms with Crippen LogP contribution in [0.5, 0.6) is 0 Å². The minimum absolute atomic E-state index is 0.163. The lowest BCUT2D eigenvalue weighted by molar-refractivity contribution is -0.143. The molecule has 2 rings (SSSR count). The van der Waals surface area contributed by atoms with Gasteiger partial charge in [0.1, 0.15) is 0 Å². The van der Waals surface area contributed by atoms with Gasteiger partial charge in [-0.3, -0.25) is 4.79 Å². The quantitative estimate of drug-likeness (QED) is 0.790. The van der Waals surface area contributed by atoms with Crippen molar-refractivity contribution in [1.82, 2.24) is 10.2 Å². The van der Waals surface area contributed by atoms with E-state index in [1.54, 1.807) is 0 Å². The van der Waals surface area contributed by atoms with E-state index in [9.17, 15) is 4.79 Å². The summed E-state index contributed by atoms with van der Waals surface area (Å²) in [4.78, 5) is 14.1. The Labute approximate surface area is 109 Å². The van der Waals surface area contributed by atoms with Crippen molar-refractivity contribution >= 4 is 5.91 Å². The first kappa shape index (κ1) is 13.8. The number of carbonyl (C=O) groups excluding carboxylic acids is 1. The van der Waals surface area contributed by atoms with Crippen molar-refractivity contribution in [2.45, 2.75) is 44.9 Å². The molecule has 104 valence electrons. The van der Waals surface area contributed by atoms with Crippen LogP contribution in [0.2, 0.25) is 0 Å². The van der Waals surface area contributed by atoms with Gasteiger partial charge in [-0.15, -0.1) is 0 Å². The molecule has 0 saturated carbocycles. The van der Waals surface area contributed by atoms with Gasteiger partial charge < -0.3 is 19.7 Å². The molecule has 18 heavy (non-hydrogen) atoms. The minimum atomic E-state index is 0.163. The second kappa shape index (κ2) is 6.50. The Kier molecular flexibility index (Phi) is 4.97. The van der Waals surface area contributed by atoms with Crippen molar-refractivity contribution in [3.05, 3.63) is 0 Å². The molecule has 2 fully saturated rings. The zero-order valence-electron chi connectivity index (χ0n) is 11.4. The molecule has 0 aromatic rings. The average molecular weight is 256 g/mol. The number of nitrogens with zero attached hydrogens (tertiary/aromatic N) is 1. The maximum Gasteiger partial charge on any atom is 0.237 e. The lowest BCUT2D eigenvalue weighted by Crippen LogP contribution is -2.55. The van der Waals surface area contributed by atoms with Crippen LogP contribution in [-0.4, -0.2) is 61.9 Å². The number of hydrogen-bond donors (Lipinski definition) is 1. The molecule has 0 aromatic carbocycles. The zero-order valence-corrected chi connectivity index (χ0v) is 11.4. The van der Waals surface area contributed by atoms with Gasteiger partial charge in [-0.25, -0.2) is 0 Å². The Bertz CT molecular complexity index is 269. The number of nitrogens with one attached hydrogen (secondary N) is 1. The van der Waals surface area contributed by atoms with Crippen molar-refractivity contribution in [3.8, 4) is 0 Å². The molecule has 0 aliphatic carbocycles. The van der Waals surface area contributed by atoms with E-state index in [2.05, 4.69) is 5.32 Å². The van der Waals surface area contributed by atoms with Crippen LogP contribution in [0.1, 0.15) is 26.7 Å². The molecule has 0 unspecified atom stereocenters. The maximum absolute atomic E-state index is 12.2. The highest BCUT2D eigenvalue weighted by atomic mass is 16.5. The first-order valence-electron chi connectivity index (χ1n) is 6.89. The molecule has 1 N–H and O–H groups in total. The third kappa shape index (κ3) is 3.43. The minimum Gasteiger partial charge on any atom is -0.377 e. The first-order valence-corrected chi connectivity index (χ1v) is 6.89. The molecule has 0 bridgehead atoms. The summed E-state index contributed by atoms with van der Waals surface area (Å²) in [6.07, 6.45) is 2.53. The van der Waals surface area contributed by atoms with Crippen molar-refractivity contribution in [2.24, 2.45) is 0 Å². The van der Waals surface area contributed by atoms with Crippen molar-refractivity contribution < 1.29 is 14.3 Å². The average Bonchev–Trinajstić information content (AvgIpc) is 2.82. The highest BCUT2D eigenvalue weighted by Gasteiger charge is 2.29. The van der Waals surface area contributed by atoms with E-state index in [-0.39, 0.29) is 24.1 Å². The van der Waals surface area contributed by atoms with E-state index < -0.39 is 0 Å². The van der Waals surface area contributed by atoms with Crippen molar-refractivity contribution in [2.75, 3.05) is 32.9 Å². The van der Waals surface area contributed by atoms with E-state index in [1.807, 2.05) is 18.7 Å². The summed E-state index contributed by atoms with van der Waals surface area (Å²) in [7, 11) is 0. The second-order valence-corrected chi connectivity index (χ2v) is 5.30. The van der Waals surface area contributed by atoms with Crippen molar-refractivity contribution in [3.63, 3.8) is 0 Å². The molecule has 0 radical (unpaired) electrons. The predicted octanol–water partition coefficient (Wildman–Crippen LogP) is 0.391. The van der Waals surface area contributed by atoms with Crippen LogP contribution in [-0.2, 0) is 14.3 Å². The topological polar surface area (TPSA) is 50.8 Å². The zero-order chi connectivity index (χ0) is 13.0. The van der Waals surface area contributed by atoms with Gasteiger partial charge in [0.15, 0.2) is 0 Å². The third-order valence-corrected chi connectivity index (χ3v) is 3.63. The first-order chi connectivity index (χ1) is 8.68. The van der Waals surface area contributed by atoms with Gasteiger partial charge in [-0.2, -0.15) is 0 Å². The van der Waals surface area contributed by atoms with Crippen LogP contribution in [0.15, 0.2) is 0 Å². The number of amides is 1. The predicted molar refractivity (Wildman–Crippen MR) is 68.4 cm³/mol. The standard InChI is InChI=1S/C13H24N2O3/c1-10-8-17-9-11(2)15(10)13(16)7-14-6-12-4-3-5-18-12/h10-12,14H,3-9H2,1-2H3/t10-,11+,12-/m0/s1. The summed E-state index contributed by atoms with van der Waals surface area (Å²) in [6, 6.07) is 0.344. The van der Waals surface area contributed by atoms with E-state index in [0.717, 1.165) is 26.0 Å². The van der Waals surface area contributed by atoms with Crippen LogP contribution in [0, 0.1) is 0 Å². The fourth-order valence-electron chi connectivity index (χ4n) is 2.73.